The Morgan fingerprint density at radius 1 is 1.12 bits per heavy atom. The van der Waals surface area contributed by atoms with Crippen LogP contribution in [-0.2, 0) is 19.1 Å². The van der Waals surface area contributed by atoms with Crippen molar-refractivity contribution in [2.24, 2.45) is 11.8 Å². The summed E-state index contributed by atoms with van der Waals surface area (Å²) in [5, 5.41) is 11.0. The number of hydrogen-bond acceptors (Lipinski definition) is 6. The molecular formula is C17H21NO6. The number of esters is 2. The molecule has 0 aliphatic rings. The molecule has 0 aliphatic carbocycles. The summed E-state index contributed by atoms with van der Waals surface area (Å²) in [7, 11) is 0. The van der Waals surface area contributed by atoms with Crippen LogP contribution < -0.4 is 0 Å². The first-order chi connectivity index (χ1) is 11.5. The van der Waals surface area contributed by atoms with E-state index < -0.39 is 35.2 Å². The van der Waals surface area contributed by atoms with Gasteiger partial charge in [0.05, 0.1) is 19.1 Å². The van der Waals surface area contributed by atoms with E-state index in [1.165, 1.54) is 6.08 Å². The molecule has 0 spiro atoms. The minimum absolute atomic E-state index is 0.0717. The molecule has 24 heavy (non-hydrogen) atoms. The molecule has 1 unspecified atom stereocenters. The summed E-state index contributed by atoms with van der Waals surface area (Å²) in [6.45, 7) is 2.77. The fourth-order valence-electron chi connectivity index (χ4n) is 2.16. The van der Waals surface area contributed by atoms with Crippen LogP contribution in [0.1, 0.15) is 19.4 Å². The van der Waals surface area contributed by atoms with Crippen LogP contribution >= 0.6 is 0 Å². The third-order valence-corrected chi connectivity index (χ3v) is 3.20. The van der Waals surface area contributed by atoms with Crippen LogP contribution in [0.25, 0.3) is 6.08 Å². The Hall–Kier alpha value is -2.70. The zero-order valence-electron chi connectivity index (χ0n) is 13.7. The van der Waals surface area contributed by atoms with Crippen molar-refractivity contribution in [1.29, 1.82) is 0 Å². The maximum atomic E-state index is 12.1. The molecule has 7 heteroatoms. The van der Waals surface area contributed by atoms with Crippen LogP contribution in [0, 0.1) is 22.0 Å². The fraction of sp³-hybridized carbons (Fsp3) is 0.412. The van der Waals surface area contributed by atoms with E-state index in [0.29, 0.717) is 0 Å². The third kappa shape index (κ3) is 6.20. The number of nitrogens with zero attached hydrogens (tertiary/aromatic N) is 1. The second-order valence-corrected chi connectivity index (χ2v) is 4.93. The zero-order valence-corrected chi connectivity index (χ0v) is 13.7. The van der Waals surface area contributed by atoms with E-state index >= 15 is 0 Å². The lowest BCUT2D eigenvalue weighted by molar-refractivity contribution is -0.486. The minimum atomic E-state index is -1.37. The van der Waals surface area contributed by atoms with Gasteiger partial charge in [-0.25, -0.2) is 0 Å². The van der Waals surface area contributed by atoms with Gasteiger partial charge in [-0.05, 0) is 19.4 Å². The number of hydrogen-bond donors (Lipinski definition) is 0. The van der Waals surface area contributed by atoms with Gasteiger partial charge in [-0.3, -0.25) is 19.7 Å². The molecule has 1 aromatic rings. The minimum Gasteiger partial charge on any atom is -0.465 e. The first-order valence-electron chi connectivity index (χ1n) is 7.67. The Bertz CT molecular complexity index is 566. The van der Waals surface area contributed by atoms with Crippen molar-refractivity contribution in [3.63, 3.8) is 0 Å². The molecule has 0 saturated carbocycles. The molecule has 0 heterocycles. The molecule has 0 saturated heterocycles. The molecular weight excluding hydrogens is 314 g/mol. The van der Waals surface area contributed by atoms with Crippen molar-refractivity contribution in [3.05, 3.63) is 52.1 Å². The van der Waals surface area contributed by atoms with Gasteiger partial charge in [-0.2, -0.15) is 0 Å². The highest BCUT2D eigenvalue weighted by atomic mass is 16.6. The summed E-state index contributed by atoms with van der Waals surface area (Å²) in [5.41, 5.74) is 0.803. The molecule has 0 amide bonds. The average molecular weight is 335 g/mol. The molecule has 0 bridgehead atoms. The van der Waals surface area contributed by atoms with Gasteiger partial charge in [0, 0.05) is 4.92 Å². The van der Waals surface area contributed by atoms with Gasteiger partial charge in [0.1, 0.15) is 0 Å². The van der Waals surface area contributed by atoms with E-state index in [2.05, 4.69) is 0 Å². The SMILES string of the molecule is CCOC(=O)C(C(=O)OCC)C(C=Cc1ccccc1)C[N+](=O)[O-]. The Morgan fingerprint density at radius 3 is 2.12 bits per heavy atom. The standard InChI is InChI=1S/C17H21NO6/c1-3-23-16(19)15(17(20)24-4-2)14(12-18(21)22)11-10-13-8-6-5-7-9-13/h5-11,14-15H,3-4,12H2,1-2H3. The van der Waals surface area contributed by atoms with E-state index in [9.17, 15) is 19.7 Å². The highest BCUT2D eigenvalue weighted by molar-refractivity contribution is 5.95. The van der Waals surface area contributed by atoms with Crippen molar-refractivity contribution in [2.45, 2.75) is 13.8 Å². The van der Waals surface area contributed by atoms with Crippen molar-refractivity contribution < 1.29 is 24.0 Å². The van der Waals surface area contributed by atoms with Gasteiger partial charge < -0.3 is 9.47 Å². The summed E-state index contributed by atoms with van der Waals surface area (Å²) in [5.74, 6) is -3.96. The summed E-state index contributed by atoms with van der Waals surface area (Å²) >= 11 is 0. The van der Waals surface area contributed by atoms with Crippen molar-refractivity contribution in [2.75, 3.05) is 19.8 Å². The maximum absolute atomic E-state index is 12.1. The summed E-state index contributed by atoms with van der Waals surface area (Å²) < 4.78 is 9.78. The summed E-state index contributed by atoms with van der Waals surface area (Å²) in [6.07, 6.45) is 3.12. The number of rotatable bonds is 9. The number of benzene rings is 1. The highest BCUT2D eigenvalue weighted by Crippen LogP contribution is 2.20. The molecule has 130 valence electrons. The van der Waals surface area contributed by atoms with Crippen LogP contribution in [0.5, 0.6) is 0 Å². The monoisotopic (exact) mass is 335 g/mol. The predicted molar refractivity (Wildman–Crippen MR) is 87.6 cm³/mol. The maximum Gasteiger partial charge on any atom is 0.321 e. The van der Waals surface area contributed by atoms with Crippen LogP contribution in [0.3, 0.4) is 0 Å². The quantitative estimate of drug-likeness (QED) is 0.297. The lowest BCUT2D eigenvalue weighted by atomic mass is 9.91. The van der Waals surface area contributed by atoms with Gasteiger partial charge in [-0.15, -0.1) is 0 Å². The Morgan fingerprint density at radius 2 is 1.67 bits per heavy atom. The fourth-order valence-corrected chi connectivity index (χ4v) is 2.16. The van der Waals surface area contributed by atoms with Crippen molar-refractivity contribution in [1.82, 2.24) is 0 Å². The Balaban J connectivity index is 3.10. The first-order valence-corrected chi connectivity index (χ1v) is 7.67. The lowest BCUT2D eigenvalue weighted by Crippen LogP contribution is -2.36. The van der Waals surface area contributed by atoms with Gasteiger partial charge in [-0.1, -0.05) is 42.5 Å². The van der Waals surface area contributed by atoms with Gasteiger partial charge in [0.15, 0.2) is 5.92 Å². The van der Waals surface area contributed by atoms with Crippen LogP contribution in [0.2, 0.25) is 0 Å². The number of carbonyl (C=O) groups excluding carboxylic acids is 2. The molecule has 1 atom stereocenters. The van der Waals surface area contributed by atoms with E-state index in [4.69, 9.17) is 9.47 Å². The topological polar surface area (TPSA) is 95.7 Å². The molecule has 1 rings (SSSR count). The highest BCUT2D eigenvalue weighted by Gasteiger charge is 2.38. The molecule has 0 N–H and O–H groups in total. The van der Waals surface area contributed by atoms with E-state index in [1.54, 1.807) is 19.9 Å². The molecule has 0 aromatic heterocycles. The second-order valence-electron chi connectivity index (χ2n) is 4.93. The number of nitro groups is 1. The summed E-state index contributed by atoms with van der Waals surface area (Å²) in [4.78, 5) is 34.6. The molecule has 0 radical (unpaired) electrons. The van der Waals surface area contributed by atoms with E-state index in [1.807, 2.05) is 30.3 Å². The largest absolute Gasteiger partial charge is 0.465 e. The molecule has 0 aliphatic heterocycles. The van der Waals surface area contributed by atoms with Crippen LogP contribution in [-0.4, -0.2) is 36.6 Å². The first kappa shape index (κ1) is 19.3. The molecule has 0 fully saturated rings. The van der Waals surface area contributed by atoms with Gasteiger partial charge in [0.2, 0.25) is 6.54 Å². The smallest absolute Gasteiger partial charge is 0.321 e. The van der Waals surface area contributed by atoms with E-state index in [-0.39, 0.29) is 13.2 Å². The van der Waals surface area contributed by atoms with Crippen LogP contribution in [0.15, 0.2) is 36.4 Å². The Kier molecular flexibility index (Phi) is 8.18. The van der Waals surface area contributed by atoms with Crippen LogP contribution in [0.4, 0.5) is 0 Å². The van der Waals surface area contributed by atoms with Crippen molar-refractivity contribution >= 4 is 18.0 Å². The van der Waals surface area contributed by atoms with Gasteiger partial charge >= 0.3 is 11.9 Å². The normalized spacial score (nSPS) is 12.1. The zero-order chi connectivity index (χ0) is 17.9. The summed E-state index contributed by atoms with van der Waals surface area (Å²) in [6, 6.07) is 9.09. The number of carbonyl (C=O) groups is 2. The van der Waals surface area contributed by atoms with Gasteiger partial charge in [0.25, 0.3) is 0 Å². The number of ether oxygens (including phenoxy) is 2. The van der Waals surface area contributed by atoms with Crippen molar-refractivity contribution in [3.8, 4) is 0 Å². The van der Waals surface area contributed by atoms with E-state index in [0.717, 1.165) is 5.56 Å². The average Bonchev–Trinajstić information content (AvgIpc) is 2.53. The predicted octanol–water partition coefficient (Wildman–Crippen LogP) is 2.34. The second kappa shape index (κ2) is 10.1. The molecule has 7 nitrogen and oxygen atoms in total. The Labute approximate surface area is 140 Å². The lowest BCUT2D eigenvalue weighted by Gasteiger charge is -2.18. The third-order valence-electron chi connectivity index (χ3n) is 3.20. The molecule has 1 aromatic carbocycles.